The van der Waals surface area contributed by atoms with Crippen molar-refractivity contribution in [1.29, 1.82) is 0 Å². The van der Waals surface area contributed by atoms with Gasteiger partial charge < -0.3 is 16.2 Å². The van der Waals surface area contributed by atoms with Crippen molar-refractivity contribution in [2.45, 2.75) is 6.10 Å². The molecule has 0 saturated heterocycles. The van der Waals surface area contributed by atoms with E-state index in [1.807, 2.05) is 10.1 Å². The number of aliphatic hydroxyl groups excluding tert-OH is 1. The zero-order valence-corrected chi connectivity index (χ0v) is 7.48. The molecule has 9 heteroatoms. The summed E-state index contributed by atoms with van der Waals surface area (Å²) in [4.78, 5) is 33.9. The number of H-pyrrole nitrogens is 2. The van der Waals surface area contributed by atoms with Crippen LogP contribution in [0.3, 0.4) is 0 Å². The van der Waals surface area contributed by atoms with E-state index in [9.17, 15) is 14.4 Å². The first-order valence-electron chi connectivity index (χ1n) is 3.91. The van der Waals surface area contributed by atoms with Crippen LogP contribution in [0, 0.1) is 0 Å². The predicted octanol–water partition coefficient (Wildman–Crippen LogP) is -3.28. The first-order chi connectivity index (χ1) is 7.00. The number of aromatic nitrogens is 3. The number of amides is 1. The van der Waals surface area contributed by atoms with Gasteiger partial charge in [0.05, 0.1) is 6.54 Å². The second-order valence-electron chi connectivity index (χ2n) is 2.65. The SMILES string of the molecule is NC(=O)C(O)CNc1n[nH]c(=O)[nH]c1=O. The van der Waals surface area contributed by atoms with Crippen molar-refractivity contribution in [3.63, 3.8) is 0 Å². The zero-order valence-electron chi connectivity index (χ0n) is 7.48. The number of hydrogen-bond acceptors (Lipinski definition) is 6. The average molecular weight is 215 g/mol. The monoisotopic (exact) mass is 215 g/mol. The highest BCUT2D eigenvalue weighted by Gasteiger charge is 2.11. The number of primary amides is 1. The molecular weight excluding hydrogens is 206 g/mol. The van der Waals surface area contributed by atoms with Crippen LogP contribution in [-0.2, 0) is 4.79 Å². The summed E-state index contributed by atoms with van der Waals surface area (Å²) < 4.78 is 0. The molecule has 1 aromatic rings. The van der Waals surface area contributed by atoms with Gasteiger partial charge in [0.2, 0.25) is 11.7 Å². The highest BCUT2D eigenvalue weighted by atomic mass is 16.3. The van der Waals surface area contributed by atoms with Gasteiger partial charge in [-0.15, -0.1) is 5.10 Å². The number of nitrogens with one attached hydrogen (secondary N) is 3. The molecule has 6 N–H and O–H groups in total. The van der Waals surface area contributed by atoms with Crippen LogP contribution in [0.25, 0.3) is 0 Å². The third kappa shape index (κ3) is 2.91. The molecule has 1 rings (SSSR count). The molecular formula is C6H9N5O4. The van der Waals surface area contributed by atoms with E-state index in [1.54, 1.807) is 0 Å². The quantitative estimate of drug-likeness (QED) is 0.354. The van der Waals surface area contributed by atoms with E-state index in [2.05, 4.69) is 10.4 Å². The fourth-order valence-electron chi connectivity index (χ4n) is 0.761. The summed E-state index contributed by atoms with van der Waals surface area (Å²) in [7, 11) is 0. The van der Waals surface area contributed by atoms with Gasteiger partial charge in [0.15, 0.2) is 0 Å². The van der Waals surface area contributed by atoms with Crippen LogP contribution < -0.4 is 22.3 Å². The normalized spacial score (nSPS) is 12.1. The minimum absolute atomic E-state index is 0.213. The summed E-state index contributed by atoms with van der Waals surface area (Å²) in [5.41, 5.74) is 3.27. The molecule has 82 valence electrons. The minimum Gasteiger partial charge on any atom is -0.381 e. The number of nitrogens with zero attached hydrogens (tertiary/aromatic N) is 1. The van der Waals surface area contributed by atoms with E-state index in [1.165, 1.54) is 0 Å². The van der Waals surface area contributed by atoms with Crippen LogP contribution in [0.1, 0.15) is 0 Å². The molecule has 15 heavy (non-hydrogen) atoms. The van der Waals surface area contributed by atoms with Gasteiger partial charge in [-0.25, -0.2) is 9.89 Å². The second-order valence-corrected chi connectivity index (χ2v) is 2.65. The lowest BCUT2D eigenvalue weighted by Gasteiger charge is -2.06. The number of aromatic amines is 2. The van der Waals surface area contributed by atoms with Crippen molar-refractivity contribution in [2.75, 3.05) is 11.9 Å². The van der Waals surface area contributed by atoms with Crippen LogP contribution in [0.4, 0.5) is 5.82 Å². The van der Waals surface area contributed by atoms with Gasteiger partial charge in [0.25, 0.3) is 5.56 Å². The van der Waals surface area contributed by atoms with E-state index >= 15 is 0 Å². The Hall–Kier alpha value is -2.16. The van der Waals surface area contributed by atoms with Crippen LogP contribution in [0.2, 0.25) is 0 Å². The molecule has 0 aliphatic carbocycles. The van der Waals surface area contributed by atoms with E-state index in [0.717, 1.165) is 0 Å². The predicted molar refractivity (Wildman–Crippen MR) is 49.2 cm³/mol. The third-order valence-electron chi connectivity index (χ3n) is 1.50. The average Bonchev–Trinajstić information content (AvgIpc) is 2.15. The molecule has 1 atom stereocenters. The van der Waals surface area contributed by atoms with Gasteiger partial charge in [-0.2, -0.15) is 0 Å². The number of nitrogens with two attached hydrogens (primary N) is 1. The fraction of sp³-hybridized carbons (Fsp3) is 0.333. The zero-order chi connectivity index (χ0) is 11.4. The number of carbonyl (C=O) groups is 1. The van der Waals surface area contributed by atoms with Gasteiger partial charge in [-0.05, 0) is 0 Å². The lowest BCUT2D eigenvalue weighted by atomic mass is 10.3. The molecule has 0 radical (unpaired) electrons. The Balaban J connectivity index is 2.70. The number of carbonyl (C=O) groups excluding carboxylic acids is 1. The Kier molecular flexibility index (Phi) is 3.18. The largest absolute Gasteiger partial charge is 0.381 e. The third-order valence-corrected chi connectivity index (χ3v) is 1.50. The molecule has 1 unspecified atom stereocenters. The smallest absolute Gasteiger partial charge is 0.342 e. The molecule has 0 fully saturated rings. The van der Waals surface area contributed by atoms with Crippen LogP contribution in [-0.4, -0.2) is 38.8 Å². The molecule has 0 aliphatic heterocycles. The lowest BCUT2D eigenvalue weighted by molar-refractivity contribution is -0.125. The van der Waals surface area contributed by atoms with E-state index < -0.39 is 23.3 Å². The van der Waals surface area contributed by atoms with E-state index in [0.29, 0.717) is 0 Å². The van der Waals surface area contributed by atoms with Gasteiger partial charge in [-0.1, -0.05) is 0 Å². The molecule has 0 bridgehead atoms. The van der Waals surface area contributed by atoms with Crippen molar-refractivity contribution in [3.05, 3.63) is 20.8 Å². The van der Waals surface area contributed by atoms with Crippen molar-refractivity contribution in [1.82, 2.24) is 15.2 Å². The maximum absolute atomic E-state index is 11.0. The van der Waals surface area contributed by atoms with Crippen LogP contribution in [0.5, 0.6) is 0 Å². The number of aliphatic hydroxyl groups is 1. The Morgan fingerprint density at radius 2 is 2.27 bits per heavy atom. The lowest BCUT2D eigenvalue weighted by Crippen LogP contribution is -2.36. The molecule has 0 spiro atoms. The van der Waals surface area contributed by atoms with Gasteiger partial charge >= 0.3 is 5.69 Å². The van der Waals surface area contributed by atoms with Gasteiger partial charge in [-0.3, -0.25) is 14.6 Å². The molecule has 9 nitrogen and oxygen atoms in total. The fourth-order valence-corrected chi connectivity index (χ4v) is 0.761. The first kappa shape index (κ1) is 10.9. The van der Waals surface area contributed by atoms with Crippen molar-refractivity contribution >= 4 is 11.7 Å². The highest BCUT2D eigenvalue weighted by Crippen LogP contribution is 1.88. The van der Waals surface area contributed by atoms with Crippen molar-refractivity contribution < 1.29 is 9.90 Å². The summed E-state index contributed by atoms with van der Waals surface area (Å²) >= 11 is 0. The molecule has 0 aliphatic rings. The second kappa shape index (κ2) is 4.37. The molecule has 0 aromatic carbocycles. The molecule has 1 aromatic heterocycles. The summed E-state index contributed by atoms with van der Waals surface area (Å²) in [5, 5.41) is 16.7. The summed E-state index contributed by atoms with van der Waals surface area (Å²) in [6.07, 6.45) is -1.43. The number of rotatable bonds is 4. The Morgan fingerprint density at radius 3 is 2.80 bits per heavy atom. The summed E-state index contributed by atoms with van der Waals surface area (Å²) in [6.45, 7) is -0.266. The highest BCUT2D eigenvalue weighted by molar-refractivity contribution is 5.79. The molecule has 1 amide bonds. The van der Waals surface area contributed by atoms with Gasteiger partial charge in [0, 0.05) is 0 Å². The summed E-state index contributed by atoms with van der Waals surface area (Å²) in [6, 6.07) is 0. The number of anilines is 1. The van der Waals surface area contributed by atoms with Crippen molar-refractivity contribution in [3.8, 4) is 0 Å². The maximum Gasteiger partial charge on any atom is 0.342 e. The maximum atomic E-state index is 11.0. The minimum atomic E-state index is -1.43. The Bertz CT molecular complexity index is 463. The number of hydrogen-bond donors (Lipinski definition) is 5. The topological polar surface area (TPSA) is 154 Å². The standard InChI is InChI=1S/C6H9N5O4/c7-3(13)2(12)1-8-4-5(14)9-6(15)11-10-4/h2,12H,1H2,(H2,7,13)(H,8,10)(H2,9,11,14,15). The summed E-state index contributed by atoms with van der Waals surface area (Å²) in [5.74, 6) is -1.14. The molecule has 1 heterocycles. The van der Waals surface area contributed by atoms with E-state index in [4.69, 9.17) is 10.8 Å². The Morgan fingerprint density at radius 1 is 1.60 bits per heavy atom. The molecule has 0 saturated carbocycles. The first-order valence-corrected chi connectivity index (χ1v) is 3.91. The van der Waals surface area contributed by atoms with Crippen LogP contribution in [0.15, 0.2) is 9.59 Å². The van der Waals surface area contributed by atoms with E-state index in [-0.39, 0.29) is 12.4 Å². The van der Waals surface area contributed by atoms with Crippen molar-refractivity contribution in [2.24, 2.45) is 5.73 Å². The van der Waals surface area contributed by atoms with Crippen LogP contribution >= 0.6 is 0 Å². The Labute approximate surface area is 82.3 Å². The van der Waals surface area contributed by atoms with Gasteiger partial charge in [0.1, 0.15) is 6.10 Å².